The molecular formula is C16H23N3O2. The molecule has 0 unspecified atom stereocenters. The van der Waals surface area contributed by atoms with Gasteiger partial charge in [-0.3, -0.25) is 9.79 Å². The number of nitrogens with one attached hydrogen (secondary N) is 1. The van der Waals surface area contributed by atoms with E-state index in [4.69, 9.17) is 10.5 Å². The minimum atomic E-state index is -0.287. The van der Waals surface area contributed by atoms with E-state index in [2.05, 4.69) is 10.3 Å². The molecule has 21 heavy (non-hydrogen) atoms. The maximum Gasteiger partial charge on any atom is 0.258 e. The number of benzene rings is 1. The average Bonchev–Trinajstić information content (AvgIpc) is 2.39. The highest BCUT2D eigenvalue weighted by atomic mass is 16.5. The fraction of sp³-hybridized carbons (Fsp3) is 0.375. The Bertz CT molecular complexity index is 571. The van der Waals surface area contributed by atoms with Crippen LogP contribution in [0.25, 0.3) is 0 Å². The van der Waals surface area contributed by atoms with Crippen LogP contribution in [-0.2, 0) is 4.79 Å². The molecule has 5 nitrogen and oxygen atoms in total. The standard InChI is InChI=1S/C16H23N3O2/c1-10(2)21-15-8-6-7-14(11(15)3)19-16(20)13(9-18-5)12(4)17/h6-10H,17H2,1-5H3,(H,19,20). The lowest BCUT2D eigenvalue weighted by Crippen LogP contribution is -2.19. The summed E-state index contributed by atoms with van der Waals surface area (Å²) >= 11 is 0. The van der Waals surface area contributed by atoms with Crippen LogP contribution >= 0.6 is 0 Å². The number of hydrogen-bond donors (Lipinski definition) is 2. The van der Waals surface area contributed by atoms with Crippen LogP contribution in [0.15, 0.2) is 34.5 Å². The maximum absolute atomic E-state index is 12.2. The number of aliphatic imine (C=N–C) groups is 1. The molecule has 0 atom stereocenters. The molecule has 0 fully saturated rings. The zero-order valence-corrected chi connectivity index (χ0v) is 13.2. The highest BCUT2D eigenvalue weighted by Gasteiger charge is 2.13. The molecule has 1 aromatic carbocycles. The zero-order chi connectivity index (χ0) is 16.0. The summed E-state index contributed by atoms with van der Waals surface area (Å²) in [5.74, 6) is 0.465. The summed E-state index contributed by atoms with van der Waals surface area (Å²) in [6, 6.07) is 5.54. The fourth-order valence-electron chi connectivity index (χ4n) is 1.79. The molecule has 3 N–H and O–H groups in total. The number of rotatable bonds is 5. The molecule has 0 spiro atoms. The molecule has 1 rings (SSSR count). The highest BCUT2D eigenvalue weighted by Crippen LogP contribution is 2.26. The Morgan fingerprint density at radius 1 is 1.43 bits per heavy atom. The van der Waals surface area contributed by atoms with Crippen molar-refractivity contribution in [3.05, 3.63) is 35.0 Å². The first-order chi connectivity index (χ1) is 9.86. The second-order valence-corrected chi connectivity index (χ2v) is 5.03. The van der Waals surface area contributed by atoms with E-state index in [1.165, 1.54) is 6.21 Å². The lowest BCUT2D eigenvalue weighted by Gasteiger charge is -2.16. The van der Waals surface area contributed by atoms with Gasteiger partial charge in [-0.1, -0.05) is 6.07 Å². The van der Waals surface area contributed by atoms with Gasteiger partial charge in [-0.25, -0.2) is 0 Å². The number of allylic oxidation sites excluding steroid dienone is 1. The minimum absolute atomic E-state index is 0.0728. The first kappa shape index (κ1) is 16.8. The van der Waals surface area contributed by atoms with E-state index < -0.39 is 0 Å². The number of carbonyl (C=O) groups excluding carboxylic acids is 1. The van der Waals surface area contributed by atoms with Crippen molar-refractivity contribution in [2.75, 3.05) is 12.4 Å². The summed E-state index contributed by atoms with van der Waals surface area (Å²) < 4.78 is 5.71. The molecule has 0 aliphatic carbocycles. The highest BCUT2D eigenvalue weighted by molar-refractivity contribution is 6.18. The number of nitrogens with zero attached hydrogens (tertiary/aromatic N) is 1. The van der Waals surface area contributed by atoms with Crippen LogP contribution in [0.5, 0.6) is 5.75 Å². The topological polar surface area (TPSA) is 76.7 Å². The van der Waals surface area contributed by atoms with Crippen molar-refractivity contribution in [2.45, 2.75) is 33.8 Å². The first-order valence-corrected chi connectivity index (χ1v) is 6.83. The molecule has 1 amide bonds. The molecule has 0 aliphatic heterocycles. The molecule has 0 heterocycles. The molecule has 0 saturated heterocycles. The molecule has 0 aromatic heterocycles. The molecule has 0 aliphatic rings. The summed E-state index contributed by atoms with van der Waals surface area (Å²) in [6.07, 6.45) is 1.53. The van der Waals surface area contributed by atoms with Gasteiger partial charge in [0, 0.05) is 30.2 Å². The van der Waals surface area contributed by atoms with E-state index in [1.807, 2.05) is 39.0 Å². The number of anilines is 1. The van der Waals surface area contributed by atoms with Gasteiger partial charge < -0.3 is 15.8 Å². The van der Waals surface area contributed by atoms with Crippen molar-refractivity contribution < 1.29 is 9.53 Å². The van der Waals surface area contributed by atoms with E-state index in [0.29, 0.717) is 17.0 Å². The van der Waals surface area contributed by atoms with Gasteiger partial charge in [-0.15, -0.1) is 0 Å². The van der Waals surface area contributed by atoms with E-state index >= 15 is 0 Å². The van der Waals surface area contributed by atoms with Crippen LogP contribution in [0.4, 0.5) is 5.69 Å². The van der Waals surface area contributed by atoms with E-state index in [0.717, 1.165) is 11.3 Å². The third-order valence-corrected chi connectivity index (χ3v) is 2.82. The largest absolute Gasteiger partial charge is 0.491 e. The second kappa shape index (κ2) is 7.47. The second-order valence-electron chi connectivity index (χ2n) is 5.03. The van der Waals surface area contributed by atoms with Gasteiger partial charge in [0.25, 0.3) is 5.91 Å². The third kappa shape index (κ3) is 4.63. The van der Waals surface area contributed by atoms with E-state index in [9.17, 15) is 4.79 Å². The Hall–Kier alpha value is -2.30. The van der Waals surface area contributed by atoms with Gasteiger partial charge in [-0.05, 0) is 39.8 Å². The van der Waals surface area contributed by atoms with Crippen molar-refractivity contribution in [1.29, 1.82) is 0 Å². The Morgan fingerprint density at radius 2 is 2.10 bits per heavy atom. The molecule has 0 radical (unpaired) electrons. The van der Waals surface area contributed by atoms with Crippen molar-refractivity contribution in [2.24, 2.45) is 10.7 Å². The molecular weight excluding hydrogens is 266 g/mol. The quantitative estimate of drug-likeness (QED) is 0.646. The van der Waals surface area contributed by atoms with Crippen LogP contribution in [-0.4, -0.2) is 25.3 Å². The van der Waals surface area contributed by atoms with E-state index in [-0.39, 0.29) is 12.0 Å². The summed E-state index contributed by atoms with van der Waals surface area (Å²) in [5.41, 5.74) is 8.06. The SMILES string of the molecule is CN=CC(C(=O)Nc1cccc(OC(C)C)c1C)=C(C)N. The summed E-state index contributed by atoms with van der Waals surface area (Å²) in [5, 5.41) is 2.84. The normalized spacial score (nSPS) is 12.5. The lowest BCUT2D eigenvalue weighted by atomic mass is 10.1. The summed E-state index contributed by atoms with van der Waals surface area (Å²) in [4.78, 5) is 16.1. The van der Waals surface area contributed by atoms with Crippen LogP contribution in [0.2, 0.25) is 0 Å². The summed E-state index contributed by atoms with van der Waals surface area (Å²) in [7, 11) is 1.60. The van der Waals surface area contributed by atoms with Gasteiger partial charge in [0.15, 0.2) is 0 Å². The summed E-state index contributed by atoms with van der Waals surface area (Å²) in [6.45, 7) is 7.49. The predicted molar refractivity (Wildman–Crippen MR) is 86.9 cm³/mol. The Balaban J connectivity index is 3.03. The lowest BCUT2D eigenvalue weighted by molar-refractivity contribution is -0.112. The molecule has 1 aromatic rings. The first-order valence-electron chi connectivity index (χ1n) is 6.83. The number of carbonyl (C=O) groups is 1. The van der Waals surface area contributed by atoms with E-state index in [1.54, 1.807) is 14.0 Å². The Morgan fingerprint density at radius 3 is 2.62 bits per heavy atom. The van der Waals surface area contributed by atoms with Crippen LogP contribution in [0, 0.1) is 6.92 Å². The molecule has 0 saturated carbocycles. The number of amides is 1. The van der Waals surface area contributed by atoms with Gasteiger partial charge in [0.1, 0.15) is 5.75 Å². The zero-order valence-electron chi connectivity index (χ0n) is 13.2. The third-order valence-electron chi connectivity index (χ3n) is 2.82. The minimum Gasteiger partial charge on any atom is -0.491 e. The van der Waals surface area contributed by atoms with Crippen LogP contribution in [0.1, 0.15) is 26.3 Å². The average molecular weight is 289 g/mol. The molecule has 5 heteroatoms. The van der Waals surface area contributed by atoms with Gasteiger partial charge >= 0.3 is 0 Å². The predicted octanol–water partition coefficient (Wildman–Crippen LogP) is 2.65. The Labute approximate surface area is 125 Å². The van der Waals surface area contributed by atoms with Crippen molar-refractivity contribution in [3.63, 3.8) is 0 Å². The van der Waals surface area contributed by atoms with Crippen molar-refractivity contribution in [1.82, 2.24) is 0 Å². The smallest absolute Gasteiger partial charge is 0.258 e. The van der Waals surface area contributed by atoms with Crippen molar-refractivity contribution in [3.8, 4) is 5.75 Å². The van der Waals surface area contributed by atoms with Gasteiger partial charge in [0.05, 0.1) is 11.7 Å². The molecule has 114 valence electrons. The van der Waals surface area contributed by atoms with Crippen LogP contribution in [0.3, 0.4) is 0 Å². The number of nitrogens with two attached hydrogens (primary N) is 1. The Kier molecular flexibility index (Phi) is 5.96. The fourth-order valence-corrected chi connectivity index (χ4v) is 1.79. The van der Waals surface area contributed by atoms with Gasteiger partial charge in [0.2, 0.25) is 0 Å². The maximum atomic E-state index is 12.2. The molecule has 0 bridgehead atoms. The monoisotopic (exact) mass is 289 g/mol. The van der Waals surface area contributed by atoms with Crippen molar-refractivity contribution >= 4 is 17.8 Å². The number of ether oxygens (including phenoxy) is 1. The van der Waals surface area contributed by atoms with Crippen LogP contribution < -0.4 is 15.8 Å². The van der Waals surface area contributed by atoms with Gasteiger partial charge in [-0.2, -0.15) is 0 Å². The number of hydrogen-bond acceptors (Lipinski definition) is 4.